The highest BCUT2D eigenvalue weighted by Gasteiger charge is 2.40. The zero-order chi connectivity index (χ0) is 18.4. The van der Waals surface area contributed by atoms with E-state index in [0.29, 0.717) is 6.42 Å². The molecule has 1 aliphatic heterocycles. The molecule has 0 spiro atoms. The third-order valence-corrected chi connectivity index (χ3v) is 4.33. The number of nitrogens with two attached hydrogens (primary N) is 1. The molecule has 6 atom stereocenters. The minimum atomic E-state index is -1.08. The maximum atomic E-state index is 12.3. The topological polar surface area (TPSA) is 114 Å². The molecule has 25 heavy (non-hydrogen) atoms. The molecule has 0 bridgehead atoms. The molecule has 7 nitrogen and oxygen atoms in total. The lowest BCUT2D eigenvalue weighted by atomic mass is 9.98. The number of carbonyl (C=O) groups is 1. The Bertz CT molecular complexity index is 542. The fourth-order valence-corrected chi connectivity index (χ4v) is 2.91. The maximum absolute atomic E-state index is 12.3. The second-order valence-corrected chi connectivity index (χ2v) is 6.55. The van der Waals surface area contributed by atoms with E-state index in [-0.39, 0.29) is 25.2 Å². The van der Waals surface area contributed by atoms with Gasteiger partial charge in [-0.1, -0.05) is 30.3 Å². The number of carbonyl (C=O) groups excluding carboxylic acids is 1. The van der Waals surface area contributed by atoms with Crippen LogP contribution < -0.4 is 11.1 Å². The van der Waals surface area contributed by atoms with Crippen LogP contribution in [0.5, 0.6) is 0 Å². The fraction of sp³-hybridized carbons (Fsp3) is 0.611. The van der Waals surface area contributed by atoms with Gasteiger partial charge in [-0.15, -0.1) is 0 Å². The first kappa shape index (κ1) is 19.8. The number of hydrogen-bond acceptors (Lipinski definition) is 6. The van der Waals surface area contributed by atoms with Crippen molar-refractivity contribution in [1.82, 2.24) is 5.32 Å². The third-order valence-electron chi connectivity index (χ3n) is 4.33. The van der Waals surface area contributed by atoms with Crippen LogP contribution in [0.2, 0.25) is 0 Å². The Labute approximate surface area is 148 Å². The summed E-state index contributed by atoms with van der Waals surface area (Å²) in [4.78, 5) is 12.3. The van der Waals surface area contributed by atoms with E-state index in [0.717, 1.165) is 5.56 Å². The van der Waals surface area contributed by atoms with Gasteiger partial charge in [0, 0.05) is 6.04 Å². The van der Waals surface area contributed by atoms with Crippen molar-refractivity contribution >= 4 is 5.91 Å². The number of aliphatic hydroxyl groups excluding tert-OH is 2. The van der Waals surface area contributed by atoms with Crippen LogP contribution in [-0.2, 0) is 20.7 Å². The summed E-state index contributed by atoms with van der Waals surface area (Å²) in [5.41, 5.74) is 7.05. The number of amides is 1. The number of rotatable bonds is 7. The van der Waals surface area contributed by atoms with E-state index in [1.807, 2.05) is 37.3 Å². The monoisotopic (exact) mass is 352 g/mol. The first-order valence-corrected chi connectivity index (χ1v) is 8.58. The summed E-state index contributed by atoms with van der Waals surface area (Å²) < 4.78 is 10.9. The van der Waals surface area contributed by atoms with Gasteiger partial charge < -0.3 is 30.7 Å². The van der Waals surface area contributed by atoms with E-state index >= 15 is 0 Å². The van der Waals surface area contributed by atoms with Crippen LogP contribution in [0.25, 0.3) is 0 Å². The molecular weight excluding hydrogens is 324 g/mol. The van der Waals surface area contributed by atoms with Gasteiger partial charge in [-0.25, -0.2) is 0 Å². The van der Waals surface area contributed by atoms with Crippen molar-refractivity contribution in [2.24, 2.45) is 5.73 Å². The van der Waals surface area contributed by atoms with Crippen LogP contribution in [0.4, 0.5) is 0 Å². The Kier molecular flexibility index (Phi) is 7.34. The molecule has 0 saturated carbocycles. The van der Waals surface area contributed by atoms with Gasteiger partial charge in [-0.2, -0.15) is 0 Å². The van der Waals surface area contributed by atoms with Crippen LogP contribution in [0.1, 0.15) is 19.4 Å². The molecule has 5 N–H and O–H groups in total. The summed E-state index contributed by atoms with van der Waals surface area (Å²) in [5.74, 6) is -0.269. The largest absolute Gasteiger partial charge is 0.394 e. The lowest BCUT2D eigenvalue weighted by Gasteiger charge is -2.39. The molecule has 0 radical (unpaired) electrons. The molecule has 1 aromatic carbocycles. The van der Waals surface area contributed by atoms with Gasteiger partial charge in [0.25, 0.3) is 0 Å². The Hall–Kier alpha value is -1.51. The number of aliphatic hydroxyl groups is 2. The normalized spacial score (nSPS) is 29.0. The number of hydrogen-bond donors (Lipinski definition) is 4. The average Bonchev–Trinajstić information content (AvgIpc) is 2.59. The van der Waals surface area contributed by atoms with Crippen LogP contribution in [-0.4, -0.2) is 65.8 Å². The van der Waals surface area contributed by atoms with Crippen molar-refractivity contribution in [2.45, 2.75) is 56.8 Å². The second kappa shape index (κ2) is 9.26. The molecule has 140 valence electrons. The Morgan fingerprint density at radius 2 is 2.08 bits per heavy atom. The molecule has 1 amide bonds. The lowest BCUT2D eigenvalue weighted by molar-refractivity contribution is -0.188. The molecule has 0 aliphatic carbocycles. The van der Waals surface area contributed by atoms with Crippen molar-refractivity contribution in [2.75, 3.05) is 13.2 Å². The summed E-state index contributed by atoms with van der Waals surface area (Å²) in [6.07, 6.45) is -2.66. The van der Waals surface area contributed by atoms with Crippen LogP contribution >= 0.6 is 0 Å². The Balaban J connectivity index is 1.86. The fourth-order valence-electron chi connectivity index (χ4n) is 2.91. The van der Waals surface area contributed by atoms with Crippen LogP contribution in [0.3, 0.4) is 0 Å². The predicted molar refractivity (Wildman–Crippen MR) is 92.9 cm³/mol. The molecule has 1 heterocycles. The summed E-state index contributed by atoms with van der Waals surface area (Å²) in [6, 6.07) is 9.27. The van der Waals surface area contributed by atoms with E-state index < -0.39 is 30.5 Å². The van der Waals surface area contributed by atoms with Crippen molar-refractivity contribution in [3.63, 3.8) is 0 Å². The Morgan fingerprint density at radius 1 is 1.40 bits per heavy atom. The van der Waals surface area contributed by atoms with E-state index in [1.54, 1.807) is 6.92 Å². The predicted octanol–water partition coefficient (Wildman–Crippen LogP) is -0.413. The minimum absolute atomic E-state index is 0.0561. The number of nitrogens with one attached hydrogen (secondary N) is 1. The highest BCUT2D eigenvalue weighted by atomic mass is 16.6. The second-order valence-electron chi connectivity index (χ2n) is 6.55. The van der Waals surface area contributed by atoms with Gasteiger partial charge >= 0.3 is 0 Å². The van der Waals surface area contributed by atoms with Crippen LogP contribution in [0, 0.1) is 0 Å². The van der Waals surface area contributed by atoms with Gasteiger partial charge in [0.15, 0.2) is 0 Å². The van der Waals surface area contributed by atoms with Gasteiger partial charge in [-0.05, 0) is 25.8 Å². The average molecular weight is 352 g/mol. The third kappa shape index (κ3) is 5.49. The zero-order valence-corrected chi connectivity index (χ0v) is 14.7. The van der Waals surface area contributed by atoms with E-state index in [1.165, 1.54) is 0 Å². The molecule has 1 aliphatic rings. The minimum Gasteiger partial charge on any atom is -0.394 e. The highest BCUT2D eigenvalue weighted by molar-refractivity contribution is 5.80. The summed E-state index contributed by atoms with van der Waals surface area (Å²) in [5, 5.41) is 22.3. The molecule has 6 unspecified atom stereocenters. The first-order valence-electron chi connectivity index (χ1n) is 8.58. The lowest BCUT2D eigenvalue weighted by Crippen LogP contribution is -2.60. The van der Waals surface area contributed by atoms with Crippen molar-refractivity contribution < 1.29 is 24.5 Å². The molecule has 1 saturated heterocycles. The molecular formula is C18H28N2O5. The van der Waals surface area contributed by atoms with E-state index in [4.69, 9.17) is 15.2 Å². The van der Waals surface area contributed by atoms with Gasteiger partial charge in [-0.3, -0.25) is 4.79 Å². The molecule has 0 aromatic heterocycles. The van der Waals surface area contributed by atoms with Crippen LogP contribution in [0.15, 0.2) is 30.3 Å². The van der Waals surface area contributed by atoms with E-state index in [9.17, 15) is 15.0 Å². The molecule has 1 fully saturated rings. The molecule has 1 aromatic rings. The number of benzene rings is 1. The van der Waals surface area contributed by atoms with E-state index in [2.05, 4.69) is 5.32 Å². The van der Waals surface area contributed by atoms with Crippen molar-refractivity contribution in [1.29, 1.82) is 0 Å². The van der Waals surface area contributed by atoms with Crippen molar-refractivity contribution in [3.8, 4) is 0 Å². The zero-order valence-electron chi connectivity index (χ0n) is 14.7. The van der Waals surface area contributed by atoms with Gasteiger partial charge in [0.05, 0.1) is 19.3 Å². The number of ether oxygens (including phenoxy) is 2. The summed E-state index contributed by atoms with van der Waals surface area (Å²) in [7, 11) is 0. The van der Waals surface area contributed by atoms with Gasteiger partial charge in [0.1, 0.15) is 24.4 Å². The quantitative estimate of drug-likeness (QED) is 0.530. The first-order chi connectivity index (χ1) is 11.9. The Morgan fingerprint density at radius 3 is 2.72 bits per heavy atom. The molecule has 7 heteroatoms. The SMILES string of the molecule is CC(Cc1ccccc1)NC(=O)C(C)OC1C(N)COC(CO)C1O. The summed E-state index contributed by atoms with van der Waals surface area (Å²) >= 11 is 0. The highest BCUT2D eigenvalue weighted by Crippen LogP contribution is 2.18. The molecule has 2 rings (SSSR count). The smallest absolute Gasteiger partial charge is 0.249 e. The summed E-state index contributed by atoms with van der Waals surface area (Å²) in [6.45, 7) is 3.37. The van der Waals surface area contributed by atoms with Gasteiger partial charge in [0.2, 0.25) is 5.91 Å². The van der Waals surface area contributed by atoms with Crippen molar-refractivity contribution in [3.05, 3.63) is 35.9 Å². The maximum Gasteiger partial charge on any atom is 0.249 e. The standard InChI is InChI=1S/C18H28N2O5/c1-11(8-13-6-4-3-5-7-13)20-18(23)12(2)25-17-14(19)10-24-15(9-21)16(17)22/h3-7,11-12,14-17,21-22H,8-10,19H2,1-2H3,(H,20,23).